The fourth-order valence-corrected chi connectivity index (χ4v) is 1.97. The Morgan fingerprint density at radius 2 is 1.95 bits per heavy atom. The molecule has 3 N–H and O–H groups in total. The molecule has 1 amide bonds. The number of rotatable bonds is 2. The van der Waals surface area contributed by atoms with Crippen LogP contribution in [0.15, 0.2) is 48.8 Å². The van der Waals surface area contributed by atoms with Gasteiger partial charge in [0.05, 0.1) is 29.2 Å². The Kier molecular flexibility index (Phi) is 3.19. The highest BCUT2D eigenvalue weighted by atomic mass is 19.1. The van der Waals surface area contributed by atoms with Crippen LogP contribution in [-0.4, -0.2) is 15.9 Å². The average molecular weight is 282 g/mol. The van der Waals surface area contributed by atoms with Crippen molar-refractivity contribution in [3.63, 3.8) is 0 Å². The molecule has 0 saturated carbocycles. The van der Waals surface area contributed by atoms with Gasteiger partial charge in [0.15, 0.2) is 0 Å². The number of nitrogens with two attached hydrogens (primary N) is 1. The maximum atomic E-state index is 13.1. The van der Waals surface area contributed by atoms with Gasteiger partial charge in [0.25, 0.3) is 5.91 Å². The molecule has 3 aromatic rings. The predicted molar refractivity (Wildman–Crippen MR) is 78.3 cm³/mol. The van der Waals surface area contributed by atoms with Crippen molar-refractivity contribution in [2.45, 2.75) is 0 Å². The van der Waals surface area contributed by atoms with E-state index in [2.05, 4.69) is 15.3 Å². The second-order valence-corrected chi connectivity index (χ2v) is 4.46. The van der Waals surface area contributed by atoms with Crippen molar-refractivity contribution in [2.75, 3.05) is 11.1 Å². The van der Waals surface area contributed by atoms with Gasteiger partial charge in [0, 0.05) is 5.39 Å². The number of aromatic nitrogens is 2. The van der Waals surface area contributed by atoms with Gasteiger partial charge in [-0.15, -0.1) is 0 Å². The number of nitrogens with zero attached hydrogens (tertiary/aromatic N) is 2. The Morgan fingerprint density at radius 1 is 1.14 bits per heavy atom. The number of pyridine rings is 2. The maximum absolute atomic E-state index is 13.1. The summed E-state index contributed by atoms with van der Waals surface area (Å²) in [6.45, 7) is 0. The van der Waals surface area contributed by atoms with Crippen LogP contribution in [0.25, 0.3) is 10.9 Å². The van der Waals surface area contributed by atoms with E-state index in [-0.39, 0.29) is 11.4 Å². The molecule has 0 aliphatic carbocycles. The SMILES string of the molecule is Nc1ncc(F)cc1C(=O)Nc1cnc2ccccc2c1. The van der Waals surface area contributed by atoms with E-state index in [1.165, 1.54) is 6.20 Å². The first-order chi connectivity index (χ1) is 10.1. The van der Waals surface area contributed by atoms with Crippen LogP contribution in [0, 0.1) is 5.82 Å². The summed E-state index contributed by atoms with van der Waals surface area (Å²) in [5, 5.41) is 3.52. The Bertz CT molecular complexity index is 835. The molecule has 0 aliphatic rings. The first-order valence-electron chi connectivity index (χ1n) is 6.20. The molecule has 3 rings (SSSR count). The summed E-state index contributed by atoms with van der Waals surface area (Å²) in [5.74, 6) is -1.18. The fourth-order valence-electron chi connectivity index (χ4n) is 1.97. The van der Waals surface area contributed by atoms with Crippen LogP contribution in [-0.2, 0) is 0 Å². The normalized spacial score (nSPS) is 10.5. The molecule has 104 valence electrons. The summed E-state index contributed by atoms with van der Waals surface area (Å²) >= 11 is 0. The maximum Gasteiger partial charge on any atom is 0.259 e. The number of halogens is 1. The first kappa shape index (κ1) is 13.0. The topological polar surface area (TPSA) is 80.9 Å². The Hall–Kier alpha value is -3.02. The molecule has 2 heterocycles. The van der Waals surface area contributed by atoms with Crippen molar-refractivity contribution in [1.82, 2.24) is 9.97 Å². The zero-order valence-electron chi connectivity index (χ0n) is 10.9. The first-order valence-corrected chi connectivity index (χ1v) is 6.20. The van der Waals surface area contributed by atoms with Gasteiger partial charge in [-0.1, -0.05) is 18.2 Å². The summed E-state index contributed by atoms with van der Waals surface area (Å²) in [6.07, 6.45) is 2.49. The number of carbonyl (C=O) groups is 1. The predicted octanol–water partition coefficient (Wildman–Crippen LogP) is 2.60. The Balaban J connectivity index is 1.90. The third-order valence-corrected chi connectivity index (χ3v) is 2.98. The largest absolute Gasteiger partial charge is 0.383 e. The summed E-state index contributed by atoms with van der Waals surface area (Å²) in [7, 11) is 0. The minimum Gasteiger partial charge on any atom is -0.383 e. The monoisotopic (exact) mass is 282 g/mol. The number of nitrogens with one attached hydrogen (secondary N) is 1. The summed E-state index contributed by atoms with van der Waals surface area (Å²) in [5.41, 5.74) is 6.89. The lowest BCUT2D eigenvalue weighted by atomic mass is 10.2. The van der Waals surface area contributed by atoms with Gasteiger partial charge in [0.2, 0.25) is 0 Å². The van der Waals surface area contributed by atoms with Crippen molar-refractivity contribution < 1.29 is 9.18 Å². The van der Waals surface area contributed by atoms with Crippen LogP contribution in [0.1, 0.15) is 10.4 Å². The summed E-state index contributed by atoms with van der Waals surface area (Å²) < 4.78 is 13.1. The Morgan fingerprint density at radius 3 is 2.81 bits per heavy atom. The van der Waals surface area contributed by atoms with Gasteiger partial charge >= 0.3 is 0 Å². The van der Waals surface area contributed by atoms with Crippen molar-refractivity contribution in [3.05, 3.63) is 60.2 Å². The van der Waals surface area contributed by atoms with Crippen LogP contribution in [0.3, 0.4) is 0 Å². The zero-order chi connectivity index (χ0) is 14.8. The molecule has 0 fully saturated rings. The van der Waals surface area contributed by atoms with Gasteiger partial charge in [-0.3, -0.25) is 9.78 Å². The van der Waals surface area contributed by atoms with E-state index in [0.29, 0.717) is 5.69 Å². The molecule has 0 aliphatic heterocycles. The molecule has 0 unspecified atom stereocenters. The number of carbonyl (C=O) groups excluding carboxylic acids is 1. The highest BCUT2D eigenvalue weighted by Gasteiger charge is 2.12. The molecule has 2 aromatic heterocycles. The smallest absolute Gasteiger partial charge is 0.259 e. The standard InChI is InChI=1S/C15H11FN4O/c16-10-6-12(14(17)19-7-10)15(21)20-11-5-9-3-1-2-4-13(9)18-8-11/h1-8H,(H2,17,19)(H,20,21). The van der Waals surface area contributed by atoms with Gasteiger partial charge in [-0.2, -0.15) is 0 Å². The second-order valence-electron chi connectivity index (χ2n) is 4.46. The molecular weight excluding hydrogens is 271 g/mol. The zero-order valence-corrected chi connectivity index (χ0v) is 10.9. The number of benzene rings is 1. The van der Waals surface area contributed by atoms with E-state index in [1.54, 1.807) is 6.07 Å². The third kappa shape index (κ3) is 2.64. The fraction of sp³-hybridized carbons (Fsp3) is 0. The summed E-state index contributed by atoms with van der Waals surface area (Å²) in [6, 6.07) is 10.3. The highest BCUT2D eigenvalue weighted by Crippen LogP contribution is 2.18. The lowest BCUT2D eigenvalue weighted by Crippen LogP contribution is -2.15. The summed E-state index contributed by atoms with van der Waals surface area (Å²) in [4.78, 5) is 19.9. The molecule has 1 aromatic carbocycles. The van der Waals surface area contributed by atoms with Crippen molar-refractivity contribution >= 4 is 28.3 Å². The Labute approximate surface area is 119 Å². The van der Waals surface area contributed by atoms with E-state index < -0.39 is 11.7 Å². The molecule has 5 nitrogen and oxygen atoms in total. The molecule has 0 atom stereocenters. The average Bonchev–Trinajstić information content (AvgIpc) is 2.49. The van der Waals surface area contributed by atoms with E-state index in [4.69, 9.17) is 5.73 Å². The third-order valence-electron chi connectivity index (χ3n) is 2.98. The van der Waals surface area contributed by atoms with E-state index in [0.717, 1.165) is 23.2 Å². The van der Waals surface area contributed by atoms with Gasteiger partial charge in [-0.25, -0.2) is 9.37 Å². The molecule has 0 bridgehead atoms. The molecule has 0 radical (unpaired) electrons. The van der Waals surface area contributed by atoms with Gasteiger partial charge < -0.3 is 11.1 Å². The van der Waals surface area contributed by atoms with E-state index in [1.807, 2.05) is 24.3 Å². The van der Waals surface area contributed by atoms with Crippen LogP contribution < -0.4 is 11.1 Å². The number of nitrogen functional groups attached to an aromatic ring is 1. The molecule has 0 saturated heterocycles. The van der Waals surface area contributed by atoms with Crippen molar-refractivity contribution in [2.24, 2.45) is 0 Å². The van der Waals surface area contributed by atoms with Crippen LogP contribution in [0.5, 0.6) is 0 Å². The lowest BCUT2D eigenvalue weighted by Gasteiger charge is -2.07. The number of anilines is 2. The minimum absolute atomic E-state index is 0.0110. The van der Waals surface area contributed by atoms with Crippen molar-refractivity contribution in [3.8, 4) is 0 Å². The number of hydrogen-bond donors (Lipinski definition) is 2. The molecule has 0 spiro atoms. The van der Waals surface area contributed by atoms with Crippen LogP contribution in [0.4, 0.5) is 15.9 Å². The van der Waals surface area contributed by atoms with Crippen LogP contribution >= 0.6 is 0 Å². The second kappa shape index (κ2) is 5.16. The van der Waals surface area contributed by atoms with E-state index in [9.17, 15) is 9.18 Å². The number of hydrogen-bond acceptors (Lipinski definition) is 4. The highest BCUT2D eigenvalue weighted by molar-refractivity contribution is 6.07. The van der Waals surface area contributed by atoms with Crippen LogP contribution in [0.2, 0.25) is 0 Å². The van der Waals surface area contributed by atoms with Gasteiger partial charge in [-0.05, 0) is 18.2 Å². The number of para-hydroxylation sites is 1. The quantitative estimate of drug-likeness (QED) is 0.757. The molecule has 6 heteroatoms. The van der Waals surface area contributed by atoms with Gasteiger partial charge in [0.1, 0.15) is 11.6 Å². The molecular formula is C15H11FN4O. The minimum atomic E-state index is -0.619. The van der Waals surface area contributed by atoms with Crippen molar-refractivity contribution in [1.29, 1.82) is 0 Å². The number of fused-ring (bicyclic) bond motifs is 1. The molecule has 21 heavy (non-hydrogen) atoms. The number of amides is 1. The lowest BCUT2D eigenvalue weighted by molar-refractivity contribution is 0.102. The van der Waals surface area contributed by atoms with E-state index >= 15 is 0 Å².